The zero-order valence-corrected chi connectivity index (χ0v) is 12.4. The minimum absolute atomic E-state index is 0.0710. The minimum Gasteiger partial charge on any atom is -0.310 e. The molecule has 0 heterocycles. The molecule has 0 amide bonds. The molecule has 0 radical (unpaired) electrons. The van der Waals surface area contributed by atoms with Crippen LogP contribution in [0.3, 0.4) is 0 Å². The highest BCUT2D eigenvalue weighted by atomic mass is 19.2. The van der Waals surface area contributed by atoms with E-state index >= 15 is 0 Å². The summed E-state index contributed by atoms with van der Waals surface area (Å²) in [4.78, 5) is 2.12. The van der Waals surface area contributed by atoms with Crippen LogP contribution in [0.25, 0.3) is 0 Å². The topological polar surface area (TPSA) is 15.3 Å². The van der Waals surface area contributed by atoms with Gasteiger partial charge >= 0.3 is 0 Å². The second-order valence-electron chi connectivity index (χ2n) is 6.15. The van der Waals surface area contributed by atoms with Crippen LogP contribution in [0, 0.1) is 17.0 Å². The van der Waals surface area contributed by atoms with Crippen molar-refractivity contribution in [2.24, 2.45) is 5.41 Å². The molecule has 1 aromatic carbocycles. The Labute approximate surface area is 114 Å². The summed E-state index contributed by atoms with van der Waals surface area (Å²) in [5.41, 5.74) is 0.447. The number of halogens is 2. The van der Waals surface area contributed by atoms with Crippen molar-refractivity contribution in [2.75, 3.05) is 27.2 Å². The highest BCUT2D eigenvalue weighted by Crippen LogP contribution is 2.21. The van der Waals surface area contributed by atoms with Gasteiger partial charge in [0.2, 0.25) is 0 Å². The Hall–Kier alpha value is -1.00. The number of nitrogens with one attached hydrogen (secondary N) is 1. The molecular weight excluding hydrogens is 246 g/mol. The molecule has 1 atom stereocenters. The van der Waals surface area contributed by atoms with E-state index in [1.807, 2.05) is 21.0 Å². The van der Waals surface area contributed by atoms with Gasteiger partial charge in [0, 0.05) is 24.7 Å². The van der Waals surface area contributed by atoms with Gasteiger partial charge in [0.1, 0.15) is 0 Å². The van der Waals surface area contributed by atoms with Gasteiger partial charge < -0.3 is 10.2 Å². The molecule has 1 N–H and O–H groups in total. The Bertz CT molecular complexity index is 417. The number of hydrogen-bond acceptors (Lipinski definition) is 2. The van der Waals surface area contributed by atoms with E-state index in [9.17, 15) is 8.78 Å². The molecule has 1 aromatic rings. The Morgan fingerprint density at radius 2 is 1.89 bits per heavy atom. The van der Waals surface area contributed by atoms with Crippen molar-refractivity contribution in [3.05, 3.63) is 35.4 Å². The van der Waals surface area contributed by atoms with Crippen molar-refractivity contribution in [1.29, 1.82) is 0 Å². The van der Waals surface area contributed by atoms with Gasteiger partial charge in [-0.1, -0.05) is 26.0 Å². The van der Waals surface area contributed by atoms with Crippen LogP contribution >= 0.6 is 0 Å². The number of nitrogens with zero attached hydrogens (tertiary/aromatic N) is 1. The highest BCUT2D eigenvalue weighted by molar-refractivity contribution is 5.22. The van der Waals surface area contributed by atoms with Crippen LogP contribution in [-0.4, -0.2) is 32.1 Å². The molecule has 0 spiro atoms. The largest absolute Gasteiger partial charge is 0.310 e. The predicted octanol–water partition coefficient (Wildman–Crippen LogP) is 3.20. The van der Waals surface area contributed by atoms with Gasteiger partial charge in [-0.15, -0.1) is 0 Å². The molecular formula is C15H24F2N2. The molecule has 0 fully saturated rings. The average Bonchev–Trinajstić information content (AvgIpc) is 2.28. The van der Waals surface area contributed by atoms with E-state index in [1.54, 1.807) is 6.07 Å². The summed E-state index contributed by atoms with van der Waals surface area (Å²) in [6, 6.07) is 4.09. The molecule has 1 unspecified atom stereocenters. The zero-order chi connectivity index (χ0) is 14.6. The summed E-state index contributed by atoms with van der Waals surface area (Å²) in [6.07, 6.45) is 0. The number of benzene rings is 1. The van der Waals surface area contributed by atoms with E-state index < -0.39 is 11.6 Å². The van der Waals surface area contributed by atoms with Crippen LogP contribution in [0.2, 0.25) is 0 Å². The fourth-order valence-corrected chi connectivity index (χ4v) is 2.31. The first kappa shape index (κ1) is 16.1. The maximum absolute atomic E-state index is 13.7. The molecule has 19 heavy (non-hydrogen) atoms. The van der Waals surface area contributed by atoms with Crippen LogP contribution in [0.4, 0.5) is 8.78 Å². The summed E-state index contributed by atoms with van der Waals surface area (Å²) in [5, 5.41) is 3.28. The highest BCUT2D eigenvalue weighted by Gasteiger charge is 2.21. The first-order valence-corrected chi connectivity index (χ1v) is 6.55. The van der Waals surface area contributed by atoms with Gasteiger partial charge in [0.25, 0.3) is 0 Å². The lowest BCUT2D eigenvalue weighted by molar-refractivity contribution is 0.226. The van der Waals surface area contributed by atoms with Crippen molar-refractivity contribution < 1.29 is 8.78 Å². The monoisotopic (exact) mass is 270 g/mol. The van der Waals surface area contributed by atoms with Crippen molar-refractivity contribution in [3.8, 4) is 0 Å². The van der Waals surface area contributed by atoms with Crippen LogP contribution in [0.15, 0.2) is 18.2 Å². The first-order valence-electron chi connectivity index (χ1n) is 6.55. The molecule has 0 aromatic heterocycles. The molecule has 108 valence electrons. The molecule has 0 bridgehead atoms. The molecule has 1 rings (SSSR count). The summed E-state index contributed by atoms with van der Waals surface area (Å²) in [7, 11) is 4.05. The normalized spacial score (nSPS) is 13.9. The quantitative estimate of drug-likeness (QED) is 0.854. The van der Waals surface area contributed by atoms with Crippen molar-refractivity contribution in [1.82, 2.24) is 10.2 Å². The summed E-state index contributed by atoms with van der Waals surface area (Å²) < 4.78 is 26.8. The van der Waals surface area contributed by atoms with E-state index in [4.69, 9.17) is 0 Å². The maximum atomic E-state index is 13.7. The van der Waals surface area contributed by atoms with Gasteiger partial charge in [-0.25, -0.2) is 8.78 Å². The molecule has 4 heteroatoms. The summed E-state index contributed by atoms with van der Waals surface area (Å²) in [5.74, 6) is -1.55. The number of rotatable bonds is 6. The van der Waals surface area contributed by atoms with Crippen molar-refractivity contribution in [2.45, 2.75) is 26.8 Å². The van der Waals surface area contributed by atoms with Crippen LogP contribution < -0.4 is 5.32 Å². The van der Waals surface area contributed by atoms with Gasteiger partial charge in [0.15, 0.2) is 11.6 Å². The fraction of sp³-hybridized carbons (Fsp3) is 0.600. The van der Waals surface area contributed by atoms with Gasteiger partial charge in [-0.2, -0.15) is 0 Å². The minimum atomic E-state index is -0.793. The second kappa shape index (κ2) is 6.44. The lowest BCUT2D eigenvalue weighted by Crippen LogP contribution is -2.38. The Kier molecular flexibility index (Phi) is 5.44. The van der Waals surface area contributed by atoms with Gasteiger partial charge in [-0.3, -0.25) is 0 Å². The van der Waals surface area contributed by atoms with Crippen molar-refractivity contribution in [3.63, 3.8) is 0 Å². The lowest BCUT2D eigenvalue weighted by atomic mass is 9.92. The molecule has 0 saturated heterocycles. The second-order valence-corrected chi connectivity index (χ2v) is 6.15. The fourth-order valence-electron chi connectivity index (χ4n) is 2.31. The SMILES string of the molecule is CC(NCC(C)(C)CN(C)C)c1cccc(F)c1F. The van der Waals surface area contributed by atoms with E-state index in [0.29, 0.717) is 5.56 Å². The van der Waals surface area contributed by atoms with E-state index in [0.717, 1.165) is 19.2 Å². The molecule has 0 saturated carbocycles. The van der Waals surface area contributed by atoms with E-state index in [1.165, 1.54) is 6.07 Å². The average molecular weight is 270 g/mol. The van der Waals surface area contributed by atoms with E-state index in [-0.39, 0.29) is 11.5 Å². The standard InChI is InChI=1S/C15H24F2N2/c1-11(12-7-6-8-13(16)14(12)17)18-9-15(2,3)10-19(4)5/h6-8,11,18H,9-10H2,1-5H3. The third-order valence-electron chi connectivity index (χ3n) is 3.08. The van der Waals surface area contributed by atoms with Gasteiger partial charge in [-0.05, 0) is 32.5 Å². The zero-order valence-electron chi connectivity index (χ0n) is 12.4. The Morgan fingerprint density at radius 3 is 2.47 bits per heavy atom. The maximum Gasteiger partial charge on any atom is 0.163 e. The Balaban J connectivity index is 2.65. The number of hydrogen-bond donors (Lipinski definition) is 1. The third kappa shape index (κ3) is 4.88. The predicted molar refractivity (Wildman–Crippen MR) is 75.1 cm³/mol. The first-order chi connectivity index (χ1) is 8.73. The lowest BCUT2D eigenvalue weighted by Gasteiger charge is -2.30. The Morgan fingerprint density at radius 1 is 1.26 bits per heavy atom. The van der Waals surface area contributed by atoms with Crippen LogP contribution in [0.5, 0.6) is 0 Å². The molecule has 0 aliphatic heterocycles. The van der Waals surface area contributed by atoms with Gasteiger partial charge in [0.05, 0.1) is 0 Å². The molecule has 0 aliphatic carbocycles. The van der Waals surface area contributed by atoms with Crippen LogP contribution in [0.1, 0.15) is 32.4 Å². The smallest absolute Gasteiger partial charge is 0.163 e. The van der Waals surface area contributed by atoms with E-state index in [2.05, 4.69) is 24.1 Å². The van der Waals surface area contributed by atoms with Crippen LogP contribution in [-0.2, 0) is 0 Å². The molecule has 0 aliphatic rings. The summed E-state index contributed by atoms with van der Waals surface area (Å²) in [6.45, 7) is 7.81. The molecule has 2 nitrogen and oxygen atoms in total. The summed E-state index contributed by atoms with van der Waals surface area (Å²) >= 11 is 0. The van der Waals surface area contributed by atoms with Crippen molar-refractivity contribution >= 4 is 0 Å². The third-order valence-corrected chi connectivity index (χ3v) is 3.08.